The van der Waals surface area contributed by atoms with Gasteiger partial charge in [-0.1, -0.05) is 32.0 Å². The molecule has 0 saturated heterocycles. The van der Waals surface area contributed by atoms with Gasteiger partial charge in [0.2, 0.25) is 10.0 Å². The monoisotopic (exact) mass is 446 g/mol. The van der Waals surface area contributed by atoms with Crippen LogP contribution in [0.25, 0.3) is 0 Å². The molecule has 1 atom stereocenters. The maximum absolute atomic E-state index is 12.4. The van der Waals surface area contributed by atoms with Crippen LogP contribution in [0.3, 0.4) is 0 Å². The molecule has 0 radical (unpaired) electrons. The van der Waals surface area contributed by atoms with Crippen molar-refractivity contribution >= 4 is 27.6 Å². The number of anilines is 1. The molecule has 1 unspecified atom stereocenters. The van der Waals surface area contributed by atoms with E-state index < -0.39 is 16.1 Å². The highest BCUT2D eigenvalue weighted by atomic mass is 32.2. The zero-order chi connectivity index (χ0) is 22.9. The van der Waals surface area contributed by atoms with Crippen LogP contribution in [0.1, 0.15) is 49.5 Å². The normalized spacial score (nSPS) is 12.1. The molecule has 0 aliphatic carbocycles. The zero-order valence-corrected chi connectivity index (χ0v) is 18.9. The smallest absolute Gasteiger partial charge is 0.319 e. The molecular weight excluding hydrogens is 416 g/mol. The lowest BCUT2D eigenvalue weighted by Gasteiger charge is -2.13. The summed E-state index contributed by atoms with van der Waals surface area (Å²) in [5, 5.41) is 8.16. The van der Waals surface area contributed by atoms with Crippen LogP contribution in [-0.2, 0) is 16.6 Å². The van der Waals surface area contributed by atoms with Crippen LogP contribution in [0.4, 0.5) is 10.5 Å². The summed E-state index contributed by atoms with van der Waals surface area (Å²) in [4.78, 5) is 24.4. The van der Waals surface area contributed by atoms with Gasteiger partial charge in [-0.15, -0.1) is 0 Å². The largest absolute Gasteiger partial charge is 0.352 e. The molecule has 0 bridgehead atoms. The second-order valence-electron chi connectivity index (χ2n) is 7.22. The first kappa shape index (κ1) is 24.4. The summed E-state index contributed by atoms with van der Waals surface area (Å²) in [7, 11) is -3.66. The van der Waals surface area contributed by atoms with E-state index in [2.05, 4.69) is 20.7 Å². The molecule has 0 fully saturated rings. The number of benzene rings is 2. The minimum Gasteiger partial charge on any atom is -0.352 e. The SMILES string of the molecule is CCCNC(=O)c1cccc(CNC(=O)Nc2cccc(S(=O)(=O)NC(C)CC)c2)c1. The molecule has 0 aromatic heterocycles. The van der Waals surface area contributed by atoms with E-state index in [4.69, 9.17) is 0 Å². The predicted molar refractivity (Wildman–Crippen MR) is 121 cm³/mol. The van der Waals surface area contributed by atoms with Gasteiger partial charge in [-0.25, -0.2) is 17.9 Å². The van der Waals surface area contributed by atoms with Crippen molar-refractivity contribution in [2.24, 2.45) is 0 Å². The summed E-state index contributed by atoms with van der Waals surface area (Å²) < 4.78 is 27.4. The van der Waals surface area contributed by atoms with E-state index in [-0.39, 0.29) is 23.4 Å². The molecule has 2 rings (SSSR count). The maximum atomic E-state index is 12.4. The molecule has 0 spiro atoms. The summed E-state index contributed by atoms with van der Waals surface area (Å²) >= 11 is 0. The van der Waals surface area contributed by atoms with Crippen molar-refractivity contribution in [1.82, 2.24) is 15.4 Å². The summed E-state index contributed by atoms with van der Waals surface area (Å²) in [5.74, 6) is -0.155. The highest BCUT2D eigenvalue weighted by Crippen LogP contribution is 2.16. The minimum atomic E-state index is -3.66. The van der Waals surface area contributed by atoms with Gasteiger partial charge in [0.15, 0.2) is 0 Å². The van der Waals surface area contributed by atoms with Crippen molar-refractivity contribution in [3.05, 3.63) is 59.7 Å². The Bertz CT molecular complexity index is 1010. The van der Waals surface area contributed by atoms with E-state index in [1.54, 1.807) is 37.3 Å². The van der Waals surface area contributed by atoms with Gasteiger partial charge in [0, 0.05) is 30.4 Å². The van der Waals surface area contributed by atoms with Gasteiger partial charge in [0.05, 0.1) is 4.90 Å². The van der Waals surface area contributed by atoms with Crippen molar-refractivity contribution in [1.29, 1.82) is 0 Å². The van der Waals surface area contributed by atoms with Crippen molar-refractivity contribution in [3.8, 4) is 0 Å². The van der Waals surface area contributed by atoms with E-state index in [9.17, 15) is 18.0 Å². The molecule has 0 saturated carbocycles. The van der Waals surface area contributed by atoms with Crippen LogP contribution < -0.4 is 20.7 Å². The van der Waals surface area contributed by atoms with Gasteiger partial charge in [0.1, 0.15) is 0 Å². The molecule has 8 nitrogen and oxygen atoms in total. The molecule has 4 N–H and O–H groups in total. The second-order valence-corrected chi connectivity index (χ2v) is 8.94. The number of amides is 3. The van der Waals surface area contributed by atoms with Crippen molar-refractivity contribution < 1.29 is 18.0 Å². The van der Waals surface area contributed by atoms with E-state index in [1.807, 2.05) is 19.9 Å². The molecule has 3 amide bonds. The first-order chi connectivity index (χ1) is 14.7. The molecule has 168 valence electrons. The number of hydrogen-bond acceptors (Lipinski definition) is 4. The number of carbonyl (C=O) groups is 2. The van der Waals surface area contributed by atoms with E-state index >= 15 is 0 Å². The summed E-state index contributed by atoms with van der Waals surface area (Å²) in [6.07, 6.45) is 1.52. The molecular formula is C22H30N4O4S. The number of hydrogen-bond donors (Lipinski definition) is 4. The summed E-state index contributed by atoms with van der Waals surface area (Å²) in [5.41, 5.74) is 1.66. The minimum absolute atomic E-state index is 0.0800. The standard InChI is InChI=1S/C22H30N4O4S/c1-4-12-23-21(27)18-9-6-8-17(13-18)15-24-22(28)25-19-10-7-11-20(14-19)31(29,30)26-16(3)5-2/h6-11,13-14,16,26H,4-5,12,15H2,1-3H3,(H,23,27)(H2,24,25,28). The predicted octanol–water partition coefficient (Wildman–Crippen LogP) is 3.22. The number of urea groups is 1. The topological polar surface area (TPSA) is 116 Å². The fourth-order valence-electron chi connectivity index (χ4n) is 2.68. The summed E-state index contributed by atoms with van der Waals surface area (Å²) in [6.45, 7) is 6.48. The van der Waals surface area contributed by atoms with E-state index in [0.29, 0.717) is 24.2 Å². The Morgan fingerprint density at radius 1 is 1.00 bits per heavy atom. The van der Waals surface area contributed by atoms with Crippen LogP contribution in [0.2, 0.25) is 0 Å². The Balaban J connectivity index is 1.97. The van der Waals surface area contributed by atoms with Gasteiger partial charge < -0.3 is 16.0 Å². The zero-order valence-electron chi connectivity index (χ0n) is 18.1. The first-order valence-electron chi connectivity index (χ1n) is 10.3. The van der Waals surface area contributed by atoms with Crippen LogP contribution in [0.15, 0.2) is 53.4 Å². The quantitative estimate of drug-likeness (QED) is 0.448. The van der Waals surface area contributed by atoms with E-state index in [1.165, 1.54) is 12.1 Å². The van der Waals surface area contributed by atoms with Gasteiger partial charge in [-0.3, -0.25) is 4.79 Å². The van der Waals surface area contributed by atoms with E-state index in [0.717, 1.165) is 12.0 Å². The third kappa shape index (κ3) is 7.69. The highest BCUT2D eigenvalue weighted by Gasteiger charge is 2.17. The van der Waals surface area contributed by atoms with Crippen LogP contribution in [-0.4, -0.2) is 32.9 Å². The molecule has 0 heterocycles. The van der Waals surface area contributed by atoms with Gasteiger partial charge in [-0.05, 0) is 55.7 Å². The molecule has 31 heavy (non-hydrogen) atoms. The fraction of sp³-hybridized carbons (Fsp3) is 0.364. The average molecular weight is 447 g/mol. The Hall–Kier alpha value is -2.91. The lowest BCUT2D eigenvalue weighted by molar-refractivity contribution is 0.0953. The molecule has 2 aromatic carbocycles. The van der Waals surface area contributed by atoms with Crippen LogP contribution >= 0.6 is 0 Å². The van der Waals surface area contributed by atoms with Crippen molar-refractivity contribution in [3.63, 3.8) is 0 Å². The molecule has 9 heteroatoms. The van der Waals surface area contributed by atoms with Crippen molar-refractivity contribution in [2.45, 2.75) is 51.1 Å². The summed E-state index contributed by atoms with van der Waals surface area (Å²) in [6, 6.07) is 12.4. The number of sulfonamides is 1. The number of carbonyl (C=O) groups excluding carboxylic acids is 2. The van der Waals surface area contributed by atoms with Crippen LogP contribution in [0, 0.1) is 0 Å². The lowest BCUT2D eigenvalue weighted by atomic mass is 10.1. The van der Waals surface area contributed by atoms with Crippen molar-refractivity contribution in [2.75, 3.05) is 11.9 Å². The fourth-order valence-corrected chi connectivity index (χ4v) is 4.05. The van der Waals surface area contributed by atoms with Gasteiger partial charge in [0.25, 0.3) is 5.91 Å². The second kappa shape index (κ2) is 11.5. The highest BCUT2D eigenvalue weighted by molar-refractivity contribution is 7.89. The Morgan fingerprint density at radius 3 is 2.45 bits per heavy atom. The maximum Gasteiger partial charge on any atom is 0.319 e. The van der Waals surface area contributed by atoms with Gasteiger partial charge in [-0.2, -0.15) is 0 Å². The molecule has 2 aromatic rings. The van der Waals surface area contributed by atoms with Gasteiger partial charge >= 0.3 is 6.03 Å². The first-order valence-corrected chi connectivity index (χ1v) is 11.8. The molecule has 0 aliphatic rings. The number of nitrogens with one attached hydrogen (secondary N) is 4. The average Bonchev–Trinajstić information content (AvgIpc) is 2.76. The Kier molecular flexibility index (Phi) is 9.02. The third-order valence-corrected chi connectivity index (χ3v) is 6.14. The lowest BCUT2D eigenvalue weighted by Crippen LogP contribution is -2.32. The molecule has 0 aliphatic heterocycles. The Labute approximate surface area is 183 Å². The number of rotatable bonds is 10. The third-order valence-electron chi connectivity index (χ3n) is 4.55. The Morgan fingerprint density at radius 2 is 1.74 bits per heavy atom. The van der Waals surface area contributed by atoms with Crippen LogP contribution in [0.5, 0.6) is 0 Å².